The Hall–Kier alpha value is -3.37. The van der Waals surface area contributed by atoms with E-state index in [1.54, 1.807) is 30.3 Å². The van der Waals surface area contributed by atoms with Crippen LogP contribution >= 0.6 is 0 Å². The Labute approximate surface area is 203 Å². The van der Waals surface area contributed by atoms with Crippen LogP contribution in [0.2, 0.25) is 0 Å². The molecule has 0 spiro atoms. The molecular formula is C25H31NO9. The van der Waals surface area contributed by atoms with Gasteiger partial charge in [-0.05, 0) is 30.6 Å². The van der Waals surface area contributed by atoms with Crippen molar-refractivity contribution in [1.82, 2.24) is 4.90 Å². The number of ketones is 2. The molecule has 10 nitrogen and oxygen atoms in total. The smallest absolute Gasteiger partial charge is 0.417 e. The maximum Gasteiger partial charge on any atom is 0.417 e. The van der Waals surface area contributed by atoms with E-state index in [1.165, 1.54) is 0 Å². The average Bonchev–Trinajstić information content (AvgIpc) is 3.23. The summed E-state index contributed by atoms with van der Waals surface area (Å²) in [6.45, 7) is 1.08. The molecule has 1 aliphatic rings. The Balaban J connectivity index is 2.16. The number of carbonyl (C=O) groups excluding carboxylic acids is 5. The Morgan fingerprint density at radius 3 is 2.40 bits per heavy atom. The van der Waals surface area contributed by atoms with Crippen LogP contribution in [-0.4, -0.2) is 72.1 Å². The van der Waals surface area contributed by atoms with Gasteiger partial charge in [0.2, 0.25) is 0 Å². The lowest BCUT2D eigenvalue weighted by atomic mass is 10.0. The fourth-order valence-corrected chi connectivity index (χ4v) is 3.64. The molecule has 35 heavy (non-hydrogen) atoms. The molecule has 0 saturated carbocycles. The number of nitrogens with zero attached hydrogens (tertiary/aromatic N) is 1. The molecule has 1 unspecified atom stereocenters. The van der Waals surface area contributed by atoms with Crippen LogP contribution in [0.4, 0.5) is 4.79 Å². The number of methoxy groups -OCH3 is 1. The van der Waals surface area contributed by atoms with Gasteiger partial charge >= 0.3 is 12.1 Å². The molecule has 1 saturated heterocycles. The fraction of sp³-hybridized carbons (Fsp3) is 0.480. The van der Waals surface area contributed by atoms with Crippen molar-refractivity contribution in [3.8, 4) is 0 Å². The van der Waals surface area contributed by atoms with E-state index in [4.69, 9.17) is 19.3 Å². The molecule has 0 aliphatic carbocycles. The van der Waals surface area contributed by atoms with Crippen molar-refractivity contribution in [3.05, 3.63) is 48.0 Å². The number of imide groups is 1. The summed E-state index contributed by atoms with van der Waals surface area (Å²) < 4.78 is 15.4. The van der Waals surface area contributed by atoms with Crippen molar-refractivity contribution in [2.24, 2.45) is 0 Å². The first-order valence-electron chi connectivity index (χ1n) is 11.4. The summed E-state index contributed by atoms with van der Waals surface area (Å²) in [5.41, 5.74) is 0.640. The second kappa shape index (κ2) is 14.1. The predicted octanol–water partition coefficient (Wildman–Crippen LogP) is 2.29. The van der Waals surface area contributed by atoms with Gasteiger partial charge in [0.15, 0.2) is 23.8 Å². The van der Waals surface area contributed by atoms with Crippen LogP contribution in [0.1, 0.15) is 50.6 Å². The van der Waals surface area contributed by atoms with Crippen LogP contribution in [0.25, 0.3) is 0 Å². The number of benzene rings is 1. The van der Waals surface area contributed by atoms with Gasteiger partial charge in [0.25, 0.3) is 5.91 Å². The molecule has 1 aliphatic heterocycles. The topological polar surface area (TPSA) is 137 Å². The molecule has 1 aromatic carbocycles. The summed E-state index contributed by atoms with van der Waals surface area (Å²) in [7, 11) is 1.15. The number of carbonyl (C=O) groups is 5. The van der Waals surface area contributed by atoms with Crippen molar-refractivity contribution >= 4 is 29.5 Å². The fourth-order valence-electron chi connectivity index (χ4n) is 3.64. The first-order valence-corrected chi connectivity index (χ1v) is 11.4. The highest BCUT2D eigenvalue weighted by atomic mass is 16.6. The quantitative estimate of drug-likeness (QED) is 0.237. The van der Waals surface area contributed by atoms with Crippen molar-refractivity contribution in [2.45, 2.75) is 57.3 Å². The third kappa shape index (κ3) is 8.11. The zero-order chi connectivity index (χ0) is 25.8. The van der Waals surface area contributed by atoms with E-state index < -0.39 is 42.0 Å². The number of hydrogen-bond donors (Lipinski definition) is 1. The lowest BCUT2D eigenvalue weighted by Gasteiger charge is -2.27. The van der Waals surface area contributed by atoms with Crippen LogP contribution in [-0.2, 0) is 33.4 Å². The van der Waals surface area contributed by atoms with Gasteiger partial charge in [-0.2, -0.15) is 0 Å². The van der Waals surface area contributed by atoms with Gasteiger partial charge in [-0.1, -0.05) is 43.2 Å². The van der Waals surface area contributed by atoms with Gasteiger partial charge < -0.3 is 19.3 Å². The van der Waals surface area contributed by atoms with E-state index in [0.717, 1.165) is 43.9 Å². The molecule has 0 radical (unpaired) electrons. The van der Waals surface area contributed by atoms with Gasteiger partial charge in [0.1, 0.15) is 12.6 Å². The molecule has 1 aromatic rings. The Kier molecular flexibility index (Phi) is 11.2. The molecule has 0 bridgehead atoms. The number of rotatable bonds is 14. The van der Waals surface area contributed by atoms with Crippen molar-refractivity contribution < 1.29 is 43.3 Å². The molecule has 10 heteroatoms. The molecule has 2 rings (SSSR count). The first-order chi connectivity index (χ1) is 16.8. The van der Waals surface area contributed by atoms with Crippen LogP contribution < -0.4 is 0 Å². The lowest BCUT2D eigenvalue weighted by molar-refractivity contribution is -0.166. The lowest BCUT2D eigenvalue weighted by Crippen LogP contribution is -2.51. The minimum absolute atomic E-state index is 0.0795. The van der Waals surface area contributed by atoms with Crippen molar-refractivity contribution in [2.75, 3.05) is 20.3 Å². The minimum atomic E-state index is -1.71. The number of amides is 2. The standard InChI is InChI=1S/C25H31NO9/c1-17(28)35-22(21(30)14-13-19(29)12-8-3-4-9-15-27)23(33-2)24(31)26-20(16-34-25(26)32)18-10-6-5-7-11-18/h5-7,10-11,13-14,20,22-23,27H,3-4,8-9,12,15-16H2,1-2H3/b14-13+/t20?,22-,23+/m1/s1. The van der Waals surface area contributed by atoms with Gasteiger partial charge in [0.05, 0.1) is 0 Å². The highest BCUT2D eigenvalue weighted by Gasteiger charge is 2.46. The summed E-state index contributed by atoms with van der Waals surface area (Å²) in [5, 5.41) is 8.78. The predicted molar refractivity (Wildman–Crippen MR) is 123 cm³/mol. The Bertz CT molecular complexity index is 928. The van der Waals surface area contributed by atoms with E-state index in [1.807, 2.05) is 0 Å². The summed E-state index contributed by atoms with van der Waals surface area (Å²) in [6.07, 6.45) is 0.783. The molecule has 1 heterocycles. The van der Waals surface area contributed by atoms with E-state index >= 15 is 0 Å². The van der Waals surface area contributed by atoms with E-state index in [0.29, 0.717) is 18.4 Å². The van der Waals surface area contributed by atoms with Crippen LogP contribution in [0.5, 0.6) is 0 Å². The summed E-state index contributed by atoms with van der Waals surface area (Å²) >= 11 is 0. The zero-order valence-corrected chi connectivity index (χ0v) is 19.9. The maximum atomic E-state index is 13.3. The van der Waals surface area contributed by atoms with Gasteiger partial charge in [-0.25, -0.2) is 9.69 Å². The van der Waals surface area contributed by atoms with E-state index in [9.17, 15) is 24.0 Å². The number of esters is 1. The summed E-state index contributed by atoms with van der Waals surface area (Å²) in [6, 6.07) is 7.97. The number of hydrogen-bond acceptors (Lipinski definition) is 9. The highest BCUT2D eigenvalue weighted by Crippen LogP contribution is 2.29. The largest absolute Gasteiger partial charge is 0.451 e. The molecule has 3 atom stereocenters. The number of allylic oxidation sites excluding steroid dienone is 1. The van der Waals surface area contributed by atoms with E-state index in [-0.39, 0.29) is 25.4 Å². The Morgan fingerprint density at radius 2 is 1.77 bits per heavy atom. The second-order valence-corrected chi connectivity index (χ2v) is 7.99. The normalized spacial score (nSPS) is 17.2. The number of ether oxygens (including phenoxy) is 3. The average molecular weight is 490 g/mol. The Morgan fingerprint density at radius 1 is 1.09 bits per heavy atom. The number of aliphatic hydroxyl groups excluding tert-OH is 1. The summed E-state index contributed by atoms with van der Waals surface area (Å²) in [5.74, 6) is -2.90. The first kappa shape index (κ1) is 27.9. The van der Waals surface area contributed by atoms with Crippen LogP contribution in [0, 0.1) is 0 Å². The number of unbranched alkanes of at least 4 members (excludes halogenated alkanes) is 3. The summed E-state index contributed by atoms with van der Waals surface area (Å²) in [4.78, 5) is 63.1. The zero-order valence-electron chi connectivity index (χ0n) is 19.9. The highest BCUT2D eigenvalue weighted by molar-refractivity contribution is 6.05. The SMILES string of the molecule is CO[C@H](C(=O)N1C(=O)OCC1c1ccccc1)[C@H](OC(C)=O)C(=O)/C=C/C(=O)CCCCCCO. The van der Waals surface area contributed by atoms with Crippen LogP contribution in [0.15, 0.2) is 42.5 Å². The monoisotopic (exact) mass is 489 g/mol. The van der Waals surface area contributed by atoms with Gasteiger partial charge in [0, 0.05) is 27.1 Å². The van der Waals surface area contributed by atoms with Crippen molar-refractivity contribution in [1.29, 1.82) is 0 Å². The second-order valence-electron chi connectivity index (χ2n) is 7.99. The molecular weight excluding hydrogens is 458 g/mol. The van der Waals surface area contributed by atoms with Crippen LogP contribution in [0.3, 0.4) is 0 Å². The maximum absolute atomic E-state index is 13.3. The number of aliphatic hydroxyl groups is 1. The minimum Gasteiger partial charge on any atom is -0.451 e. The molecule has 2 amide bonds. The van der Waals surface area contributed by atoms with Crippen molar-refractivity contribution in [3.63, 3.8) is 0 Å². The molecule has 0 aromatic heterocycles. The third-order valence-electron chi connectivity index (χ3n) is 5.41. The molecule has 1 N–H and O–H groups in total. The van der Waals surface area contributed by atoms with Gasteiger partial charge in [-0.3, -0.25) is 19.2 Å². The van der Waals surface area contributed by atoms with E-state index in [2.05, 4.69) is 0 Å². The molecule has 190 valence electrons. The number of cyclic esters (lactones) is 1. The van der Waals surface area contributed by atoms with Gasteiger partial charge in [-0.15, -0.1) is 0 Å². The molecule has 1 fully saturated rings. The third-order valence-corrected chi connectivity index (χ3v) is 5.41.